The van der Waals surface area contributed by atoms with Crippen LogP contribution in [0.4, 0.5) is 0 Å². The lowest BCUT2D eigenvalue weighted by molar-refractivity contribution is -0.148. The molecule has 0 aliphatic carbocycles. The highest BCUT2D eigenvalue weighted by Gasteiger charge is 2.35. The van der Waals surface area contributed by atoms with Gasteiger partial charge in [-0.3, -0.25) is 4.79 Å². The molecule has 3 nitrogen and oxygen atoms in total. The van der Waals surface area contributed by atoms with Gasteiger partial charge in [0.2, 0.25) is 0 Å². The first-order valence-electron chi connectivity index (χ1n) is 4.50. The van der Waals surface area contributed by atoms with Crippen LogP contribution in [-0.2, 0) is 4.79 Å². The van der Waals surface area contributed by atoms with Gasteiger partial charge in [0.1, 0.15) is 0 Å². The van der Waals surface area contributed by atoms with Crippen LogP contribution in [0, 0.1) is 5.41 Å². The van der Waals surface area contributed by atoms with Crippen LogP contribution < -0.4 is 5.73 Å². The molecule has 76 valence electrons. The fourth-order valence-corrected chi connectivity index (χ4v) is 1.21. The number of hydrogen-bond donors (Lipinski definition) is 2. The van der Waals surface area contributed by atoms with Crippen molar-refractivity contribution in [2.75, 3.05) is 0 Å². The minimum atomic E-state index is -0.943. The summed E-state index contributed by atoms with van der Waals surface area (Å²) in [5, 5.41) is 8.99. The van der Waals surface area contributed by atoms with Gasteiger partial charge in [0.15, 0.2) is 0 Å². The second-order valence-corrected chi connectivity index (χ2v) is 3.92. The van der Waals surface area contributed by atoms with Gasteiger partial charge in [-0.1, -0.05) is 30.3 Å². The van der Waals surface area contributed by atoms with Gasteiger partial charge in [0, 0.05) is 6.04 Å². The molecule has 0 saturated carbocycles. The minimum absolute atomic E-state index is 0.485. The molecule has 0 heterocycles. The van der Waals surface area contributed by atoms with Crippen LogP contribution in [0.25, 0.3) is 0 Å². The summed E-state index contributed by atoms with van der Waals surface area (Å²) < 4.78 is 0. The summed E-state index contributed by atoms with van der Waals surface area (Å²) in [6, 6.07) is 8.79. The Morgan fingerprint density at radius 3 is 2.29 bits per heavy atom. The molecule has 3 N–H and O–H groups in total. The summed E-state index contributed by atoms with van der Waals surface area (Å²) in [6.45, 7) is 3.26. The van der Waals surface area contributed by atoms with Gasteiger partial charge in [0.05, 0.1) is 5.41 Å². The van der Waals surface area contributed by atoms with Crippen LogP contribution in [0.15, 0.2) is 30.3 Å². The fourth-order valence-electron chi connectivity index (χ4n) is 1.21. The third-order valence-corrected chi connectivity index (χ3v) is 2.49. The highest BCUT2D eigenvalue weighted by Crippen LogP contribution is 2.31. The van der Waals surface area contributed by atoms with E-state index in [0.29, 0.717) is 0 Å². The average molecular weight is 193 g/mol. The summed E-state index contributed by atoms with van der Waals surface area (Å²) in [5.41, 5.74) is 5.80. The van der Waals surface area contributed by atoms with Gasteiger partial charge in [-0.05, 0) is 19.4 Å². The lowest BCUT2D eigenvalue weighted by atomic mass is 9.81. The van der Waals surface area contributed by atoms with E-state index in [2.05, 4.69) is 0 Å². The molecule has 0 spiro atoms. The normalized spacial score (nSPS) is 13.6. The number of carboxylic acids is 1. The molecule has 0 aliphatic heterocycles. The zero-order valence-electron chi connectivity index (χ0n) is 8.40. The van der Waals surface area contributed by atoms with E-state index < -0.39 is 17.4 Å². The van der Waals surface area contributed by atoms with Crippen LogP contribution in [0.5, 0.6) is 0 Å². The summed E-state index contributed by atoms with van der Waals surface area (Å²) >= 11 is 0. The van der Waals surface area contributed by atoms with Crippen molar-refractivity contribution < 1.29 is 9.90 Å². The van der Waals surface area contributed by atoms with Gasteiger partial charge in [-0.25, -0.2) is 0 Å². The maximum absolute atomic E-state index is 11.0. The lowest BCUT2D eigenvalue weighted by Gasteiger charge is -2.27. The molecule has 0 amide bonds. The van der Waals surface area contributed by atoms with Crippen LogP contribution in [0.2, 0.25) is 0 Å². The molecule has 1 atom stereocenters. The molecular formula is C11H15NO2. The zero-order chi connectivity index (χ0) is 10.8. The zero-order valence-corrected chi connectivity index (χ0v) is 8.40. The van der Waals surface area contributed by atoms with Crippen molar-refractivity contribution in [1.82, 2.24) is 0 Å². The molecule has 0 aliphatic rings. The number of hydrogen-bond acceptors (Lipinski definition) is 2. The quantitative estimate of drug-likeness (QED) is 0.769. The van der Waals surface area contributed by atoms with E-state index in [1.165, 1.54) is 0 Å². The standard InChI is InChI=1S/C11H15NO2/c1-11(2,10(13)14)9(12)8-6-4-3-5-7-8/h3-7,9H,12H2,1-2H3,(H,13,14)/t9-/m1/s1. The molecule has 0 aromatic heterocycles. The summed E-state index contributed by atoms with van der Waals surface area (Å²) in [5.74, 6) is -0.881. The molecule has 14 heavy (non-hydrogen) atoms. The number of rotatable bonds is 3. The molecular weight excluding hydrogens is 178 g/mol. The Labute approximate surface area is 83.6 Å². The summed E-state index contributed by atoms with van der Waals surface area (Å²) in [7, 11) is 0. The summed E-state index contributed by atoms with van der Waals surface area (Å²) in [4.78, 5) is 11.0. The molecule has 0 radical (unpaired) electrons. The van der Waals surface area contributed by atoms with E-state index in [4.69, 9.17) is 10.8 Å². The Kier molecular flexibility index (Phi) is 2.91. The minimum Gasteiger partial charge on any atom is -0.481 e. The van der Waals surface area contributed by atoms with Gasteiger partial charge in [-0.15, -0.1) is 0 Å². The molecule has 1 aromatic carbocycles. The SMILES string of the molecule is CC(C)(C(=O)O)[C@H](N)c1ccccc1. The van der Waals surface area contributed by atoms with E-state index in [1.807, 2.05) is 30.3 Å². The molecule has 1 aromatic rings. The van der Waals surface area contributed by atoms with E-state index in [1.54, 1.807) is 13.8 Å². The molecule has 0 unspecified atom stereocenters. The lowest BCUT2D eigenvalue weighted by Crippen LogP contribution is -2.36. The Morgan fingerprint density at radius 2 is 1.86 bits per heavy atom. The van der Waals surface area contributed by atoms with Gasteiger partial charge in [0.25, 0.3) is 0 Å². The molecule has 0 fully saturated rings. The topological polar surface area (TPSA) is 63.3 Å². The first-order valence-corrected chi connectivity index (χ1v) is 4.50. The van der Waals surface area contributed by atoms with Crippen molar-refractivity contribution in [2.45, 2.75) is 19.9 Å². The van der Waals surface area contributed by atoms with Crippen molar-refractivity contribution in [3.05, 3.63) is 35.9 Å². The molecule has 3 heteroatoms. The molecule has 1 rings (SSSR count). The molecule has 0 bridgehead atoms. The van der Waals surface area contributed by atoms with Crippen LogP contribution in [-0.4, -0.2) is 11.1 Å². The van der Waals surface area contributed by atoms with Crippen molar-refractivity contribution in [1.29, 1.82) is 0 Å². The Balaban J connectivity index is 2.96. The van der Waals surface area contributed by atoms with E-state index in [9.17, 15) is 4.79 Å². The first-order chi connectivity index (χ1) is 6.46. The Hall–Kier alpha value is -1.35. The highest BCUT2D eigenvalue weighted by atomic mass is 16.4. The largest absolute Gasteiger partial charge is 0.481 e. The first kappa shape index (κ1) is 10.7. The van der Waals surface area contributed by atoms with Crippen molar-refractivity contribution in [3.8, 4) is 0 Å². The number of aliphatic carboxylic acids is 1. The second-order valence-electron chi connectivity index (χ2n) is 3.92. The maximum atomic E-state index is 11.0. The van der Waals surface area contributed by atoms with Gasteiger partial charge >= 0.3 is 5.97 Å². The van der Waals surface area contributed by atoms with E-state index in [0.717, 1.165) is 5.56 Å². The number of carboxylic acid groups (broad SMARTS) is 1. The van der Waals surface area contributed by atoms with Gasteiger partial charge in [-0.2, -0.15) is 0 Å². The van der Waals surface area contributed by atoms with Crippen LogP contribution in [0.3, 0.4) is 0 Å². The molecule has 0 saturated heterocycles. The third-order valence-electron chi connectivity index (χ3n) is 2.49. The Bertz CT molecular complexity index is 319. The van der Waals surface area contributed by atoms with Gasteiger partial charge < -0.3 is 10.8 Å². The van der Waals surface area contributed by atoms with Crippen LogP contribution >= 0.6 is 0 Å². The highest BCUT2D eigenvalue weighted by molar-refractivity contribution is 5.75. The maximum Gasteiger partial charge on any atom is 0.311 e. The number of nitrogens with two attached hydrogens (primary N) is 1. The number of benzene rings is 1. The third kappa shape index (κ3) is 1.93. The number of carbonyl (C=O) groups is 1. The van der Waals surface area contributed by atoms with E-state index >= 15 is 0 Å². The van der Waals surface area contributed by atoms with Crippen molar-refractivity contribution >= 4 is 5.97 Å². The van der Waals surface area contributed by atoms with E-state index in [-0.39, 0.29) is 0 Å². The monoisotopic (exact) mass is 193 g/mol. The summed E-state index contributed by atoms with van der Waals surface area (Å²) in [6.07, 6.45) is 0. The van der Waals surface area contributed by atoms with Crippen LogP contribution in [0.1, 0.15) is 25.5 Å². The fraction of sp³-hybridized carbons (Fsp3) is 0.364. The van der Waals surface area contributed by atoms with Crippen molar-refractivity contribution in [2.24, 2.45) is 11.1 Å². The average Bonchev–Trinajstić information content (AvgIpc) is 2.17. The Morgan fingerprint density at radius 1 is 1.36 bits per heavy atom. The smallest absolute Gasteiger partial charge is 0.311 e. The predicted molar refractivity (Wildman–Crippen MR) is 54.8 cm³/mol. The second kappa shape index (κ2) is 3.80. The predicted octanol–water partition coefficient (Wildman–Crippen LogP) is 1.80. The van der Waals surface area contributed by atoms with Crippen molar-refractivity contribution in [3.63, 3.8) is 0 Å².